The first kappa shape index (κ1) is 39.7. The van der Waals surface area contributed by atoms with Gasteiger partial charge in [-0.15, -0.1) is 0 Å². The minimum atomic E-state index is -0.762. The number of nitrogens with one attached hydrogen (secondary N) is 6. The van der Waals surface area contributed by atoms with Gasteiger partial charge in [0.05, 0.1) is 35.6 Å². The van der Waals surface area contributed by atoms with Crippen molar-refractivity contribution in [2.45, 2.75) is 52.6 Å². The highest BCUT2D eigenvalue weighted by molar-refractivity contribution is 6.04. The molecule has 0 radical (unpaired) electrons. The van der Waals surface area contributed by atoms with Crippen LogP contribution >= 0.6 is 0 Å². The third-order valence-electron chi connectivity index (χ3n) is 10.4. The molecular formula is C44H40F4N10O2. The molecule has 0 unspecified atom stereocenters. The molecule has 306 valence electrons. The molecule has 2 aromatic heterocycles. The predicted octanol–water partition coefficient (Wildman–Crippen LogP) is 8.51. The van der Waals surface area contributed by atoms with Gasteiger partial charge in [0.2, 0.25) is 0 Å². The van der Waals surface area contributed by atoms with Crippen LogP contribution in [0.5, 0.6) is 0 Å². The quantitative estimate of drug-likeness (QED) is 0.0901. The summed E-state index contributed by atoms with van der Waals surface area (Å²) in [5.74, 6) is -3.47. The van der Waals surface area contributed by atoms with E-state index in [2.05, 4.69) is 65.7 Å². The lowest BCUT2D eigenvalue weighted by Crippen LogP contribution is -2.18. The third-order valence-corrected chi connectivity index (χ3v) is 10.4. The van der Waals surface area contributed by atoms with Crippen molar-refractivity contribution < 1.29 is 27.2 Å². The molecular weight excluding hydrogens is 777 g/mol. The molecule has 60 heavy (non-hydrogen) atoms. The fourth-order valence-electron chi connectivity index (χ4n) is 7.49. The van der Waals surface area contributed by atoms with Crippen molar-refractivity contribution in [2.24, 2.45) is 0 Å². The van der Waals surface area contributed by atoms with Gasteiger partial charge in [-0.05, 0) is 66.1 Å². The van der Waals surface area contributed by atoms with Gasteiger partial charge in [0.1, 0.15) is 46.0 Å². The van der Waals surface area contributed by atoms with E-state index in [4.69, 9.17) is 0 Å². The highest BCUT2D eigenvalue weighted by Crippen LogP contribution is 2.39. The summed E-state index contributed by atoms with van der Waals surface area (Å²) in [5, 5.41) is 18.3. The normalized spacial score (nSPS) is 14.7. The van der Waals surface area contributed by atoms with Crippen LogP contribution in [0, 0.1) is 23.3 Å². The van der Waals surface area contributed by atoms with E-state index < -0.39 is 23.3 Å². The lowest BCUT2D eigenvalue weighted by Gasteiger charge is -2.17. The molecule has 12 nitrogen and oxygen atoms in total. The van der Waals surface area contributed by atoms with E-state index in [0.29, 0.717) is 22.8 Å². The summed E-state index contributed by atoms with van der Waals surface area (Å²) >= 11 is 0. The lowest BCUT2D eigenvalue weighted by atomic mass is 9.87. The highest BCUT2D eigenvalue weighted by atomic mass is 19.1. The van der Waals surface area contributed by atoms with Gasteiger partial charge in [0.25, 0.3) is 11.8 Å². The summed E-state index contributed by atoms with van der Waals surface area (Å²) in [6.07, 6.45) is 0.956. The number of hydrogen-bond donors (Lipinski definition) is 6. The Kier molecular flexibility index (Phi) is 10.5. The van der Waals surface area contributed by atoms with E-state index in [9.17, 15) is 27.2 Å². The van der Waals surface area contributed by atoms with Crippen LogP contribution in [-0.2, 0) is 24.9 Å². The smallest absolute Gasteiger partial charge is 0.257 e. The number of rotatable bonds is 6. The summed E-state index contributed by atoms with van der Waals surface area (Å²) < 4.78 is 57.1. The van der Waals surface area contributed by atoms with E-state index in [1.165, 1.54) is 23.3 Å². The number of carbonyl (C=O) groups excluding carboxylic acids is 2. The fourth-order valence-corrected chi connectivity index (χ4v) is 7.49. The zero-order valence-corrected chi connectivity index (χ0v) is 33.1. The maximum atomic E-state index is 14.3. The van der Waals surface area contributed by atoms with Crippen molar-refractivity contribution in [3.05, 3.63) is 130 Å². The molecule has 0 saturated heterocycles. The number of carbonyl (C=O) groups is 2. The molecule has 0 aliphatic carbocycles. The van der Waals surface area contributed by atoms with Crippen molar-refractivity contribution in [1.82, 2.24) is 30.6 Å². The average molecular weight is 817 g/mol. The van der Waals surface area contributed by atoms with Crippen LogP contribution in [0.1, 0.15) is 70.9 Å². The molecule has 0 atom stereocenters. The van der Waals surface area contributed by atoms with E-state index >= 15 is 0 Å². The molecule has 6 heterocycles. The number of hydrogen-bond acceptors (Lipinski definition) is 10. The van der Waals surface area contributed by atoms with Gasteiger partial charge in [-0.25, -0.2) is 37.5 Å². The number of amides is 2. The number of halogens is 4. The Balaban J connectivity index is 0.000000160. The third kappa shape index (κ3) is 7.40. The number of benzene rings is 4. The Morgan fingerprint density at radius 3 is 1.58 bits per heavy atom. The summed E-state index contributed by atoms with van der Waals surface area (Å²) in [5.41, 5.74) is 6.61. The maximum absolute atomic E-state index is 14.3. The van der Waals surface area contributed by atoms with Crippen molar-refractivity contribution in [1.29, 1.82) is 0 Å². The van der Waals surface area contributed by atoms with Crippen LogP contribution in [0.3, 0.4) is 0 Å². The molecule has 6 aromatic rings. The second kappa shape index (κ2) is 15.9. The first-order chi connectivity index (χ1) is 28.9. The van der Waals surface area contributed by atoms with E-state index in [0.717, 1.165) is 55.2 Å². The van der Waals surface area contributed by atoms with Gasteiger partial charge in [-0.3, -0.25) is 9.59 Å². The first-order valence-corrected chi connectivity index (χ1v) is 19.5. The minimum absolute atomic E-state index is 0.0272. The number of aromatic nitrogens is 4. The zero-order valence-electron chi connectivity index (χ0n) is 33.1. The minimum Gasteiger partial charge on any atom is -0.384 e. The molecule has 0 saturated carbocycles. The molecule has 6 N–H and O–H groups in total. The summed E-state index contributed by atoms with van der Waals surface area (Å²) in [7, 11) is 0. The maximum Gasteiger partial charge on any atom is 0.257 e. The molecule has 4 aliphatic rings. The largest absolute Gasteiger partial charge is 0.384 e. The van der Waals surface area contributed by atoms with Gasteiger partial charge in [-0.1, -0.05) is 52.0 Å². The van der Waals surface area contributed by atoms with Crippen LogP contribution in [0.2, 0.25) is 0 Å². The monoisotopic (exact) mass is 816 g/mol. The zero-order chi connectivity index (χ0) is 42.3. The lowest BCUT2D eigenvalue weighted by molar-refractivity contribution is 0.0958. The molecule has 10 rings (SSSR count). The summed E-state index contributed by atoms with van der Waals surface area (Å²) in [4.78, 5) is 41.7. The second-order valence-corrected chi connectivity index (χ2v) is 14.8. The van der Waals surface area contributed by atoms with Crippen molar-refractivity contribution in [3.63, 3.8) is 0 Å². The van der Waals surface area contributed by atoms with Crippen LogP contribution in [0.25, 0.3) is 22.8 Å². The van der Waals surface area contributed by atoms with Crippen LogP contribution in [-0.4, -0.2) is 44.8 Å². The Labute approximate surface area is 342 Å². The molecule has 0 fully saturated rings. The first-order valence-electron chi connectivity index (χ1n) is 19.5. The molecule has 4 aliphatic heterocycles. The standard InChI is InChI=1S/C22H19F2N5O.C20H15F2N5O.C2H6/c1-22(2)10-26-15-8-11(6-7-12(15)22)27-20-18-16(9-25-21(18)30)28-19(29-20)17-13(23)4-3-5-14(17)24;21-12-2-1-3-13(22)16(12)18-26-15-9-24-20(28)17(15)19(27-18)25-11-5-4-10-6-7-23-14(10)8-11;1-2/h3-8,26H,9-10H2,1-2H3,(H,25,30)(H,27,28,29);1-5,8,23H,6-7,9H2,(H,24,28)(H,25,26,27);1-2H3. The van der Waals surface area contributed by atoms with Crippen molar-refractivity contribution in [2.75, 3.05) is 34.4 Å². The Morgan fingerprint density at radius 2 is 1.07 bits per heavy atom. The van der Waals surface area contributed by atoms with Crippen LogP contribution < -0.4 is 31.9 Å². The topological polar surface area (TPSA) is 158 Å². The average Bonchev–Trinajstić information content (AvgIpc) is 4.01. The molecule has 2 amide bonds. The van der Waals surface area contributed by atoms with Crippen molar-refractivity contribution in [3.8, 4) is 22.8 Å². The summed E-state index contributed by atoms with van der Waals surface area (Å²) in [6, 6.07) is 18.8. The van der Waals surface area contributed by atoms with Gasteiger partial charge >= 0.3 is 0 Å². The summed E-state index contributed by atoms with van der Waals surface area (Å²) in [6.45, 7) is 10.4. The highest BCUT2D eigenvalue weighted by Gasteiger charge is 2.32. The predicted molar refractivity (Wildman–Crippen MR) is 222 cm³/mol. The van der Waals surface area contributed by atoms with Crippen molar-refractivity contribution >= 4 is 46.2 Å². The van der Waals surface area contributed by atoms with Gasteiger partial charge < -0.3 is 31.9 Å². The SMILES string of the molecule is CC.CC1(C)CNc2cc(Nc3nc(-c4c(F)cccc4F)nc4c3C(=O)NC4)ccc21.O=C1NCc2nc(-c3c(F)cccc3F)nc(Nc3ccc4c(c3)NCC4)c21. The molecule has 0 spiro atoms. The van der Waals surface area contributed by atoms with E-state index in [1.807, 2.05) is 50.2 Å². The molecule has 0 bridgehead atoms. The van der Waals surface area contributed by atoms with Gasteiger partial charge in [0, 0.05) is 41.3 Å². The Morgan fingerprint density at radius 1 is 0.583 bits per heavy atom. The van der Waals surface area contributed by atoms with E-state index in [-0.39, 0.29) is 75.9 Å². The van der Waals surface area contributed by atoms with Gasteiger partial charge in [-0.2, -0.15) is 0 Å². The fraction of sp³-hybridized carbons (Fsp3) is 0.227. The molecule has 4 aromatic carbocycles. The van der Waals surface area contributed by atoms with Gasteiger partial charge in [0.15, 0.2) is 11.6 Å². The van der Waals surface area contributed by atoms with Crippen LogP contribution in [0.4, 0.5) is 51.9 Å². The number of anilines is 6. The Hall–Kier alpha value is -7.10. The number of fused-ring (bicyclic) bond motifs is 4. The van der Waals surface area contributed by atoms with Crippen LogP contribution in [0.15, 0.2) is 72.8 Å². The molecule has 16 heteroatoms. The Bertz CT molecular complexity index is 2670. The second-order valence-electron chi connectivity index (χ2n) is 14.8. The number of nitrogens with zero attached hydrogens (tertiary/aromatic N) is 4. The van der Waals surface area contributed by atoms with E-state index in [1.54, 1.807) is 0 Å².